The minimum absolute atomic E-state index is 0.0322. The molecule has 27 heavy (non-hydrogen) atoms. The zero-order chi connectivity index (χ0) is 19.8. The molecule has 1 aromatic rings. The van der Waals surface area contributed by atoms with E-state index in [1.165, 1.54) is 0 Å². The number of halogens is 1. The number of likely N-dealkylation sites (tertiary alicyclic amines) is 1. The van der Waals surface area contributed by atoms with Gasteiger partial charge in [-0.1, -0.05) is 44.5 Å². The van der Waals surface area contributed by atoms with Crippen LogP contribution in [0.2, 0.25) is 5.02 Å². The molecule has 5 nitrogen and oxygen atoms in total. The van der Waals surface area contributed by atoms with Gasteiger partial charge < -0.3 is 9.80 Å². The van der Waals surface area contributed by atoms with Crippen LogP contribution in [0, 0.1) is 5.92 Å². The molecule has 6 heteroatoms. The number of hydrogen-bond acceptors (Lipinski definition) is 3. The molecule has 0 bridgehead atoms. The number of nitrogens with zero attached hydrogens (tertiary/aromatic N) is 2. The lowest BCUT2D eigenvalue weighted by Gasteiger charge is -2.46. The van der Waals surface area contributed by atoms with Gasteiger partial charge in [0.05, 0.1) is 22.3 Å². The molecule has 0 aromatic heterocycles. The van der Waals surface area contributed by atoms with Crippen LogP contribution in [0.3, 0.4) is 0 Å². The van der Waals surface area contributed by atoms with Crippen LogP contribution in [0.5, 0.6) is 0 Å². The summed E-state index contributed by atoms with van der Waals surface area (Å²) in [7, 11) is 0. The molecular formula is C21H30ClN3O2. The molecule has 0 radical (unpaired) electrons. The minimum Gasteiger partial charge on any atom is -0.338 e. The Balaban J connectivity index is 1.78. The monoisotopic (exact) mass is 391 g/mol. The Bertz CT molecular complexity index is 713. The smallest absolute Gasteiger partial charge is 0.255 e. The molecule has 1 spiro atoms. The highest BCUT2D eigenvalue weighted by molar-refractivity contribution is 6.33. The van der Waals surface area contributed by atoms with Gasteiger partial charge in [0.1, 0.15) is 0 Å². The number of carbonyl (C=O) groups is 2. The van der Waals surface area contributed by atoms with Crippen molar-refractivity contribution in [3.63, 3.8) is 0 Å². The molecule has 148 valence electrons. The fraction of sp³-hybridized carbons (Fsp3) is 0.619. The molecule has 2 heterocycles. The Morgan fingerprint density at radius 2 is 1.89 bits per heavy atom. The van der Waals surface area contributed by atoms with E-state index in [9.17, 15) is 9.59 Å². The second kappa shape index (κ2) is 7.80. The Hall–Kier alpha value is -1.59. The van der Waals surface area contributed by atoms with Gasteiger partial charge in [0.15, 0.2) is 0 Å². The van der Waals surface area contributed by atoms with Crippen LogP contribution in [-0.2, 0) is 4.79 Å². The largest absolute Gasteiger partial charge is 0.338 e. The third kappa shape index (κ3) is 3.59. The third-order valence-corrected chi connectivity index (χ3v) is 6.40. The molecule has 0 aliphatic carbocycles. The third-order valence-electron chi connectivity index (χ3n) is 6.07. The van der Waals surface area contributed by atoms with Crippen molar-refractivity contribution in [1.29, 1.82) is 0 Å². The van der Waals surface area contributed by atoms with Gasteiger partial charge >= 0.3 is 0 Å². The standard InChI is InChI=1S/C21H30ClN3O2/c1-5-15(4)25-20(27)18(14(2)3)23-21(25)10-12-24(13-11-21)19(26)16-8-6-7-9-17(16)22/h6-9,14-15,18,23H,5,10-13H2,1-4H3. The number of amides is 2. The van der Waals surface area contributed by atoms with E-state index in [4.69, 9.17) is 11.6 Å². The summed E-state index contributed by atoms with van der Waals surface area (Å²) in [5.41, 5.74) is 0.197. The summed E-state index contributed by atoms with van der Waals surface area (Å²) in [6, 6.07) is 7.21. The summed E-state index contributed by atoms with van der Waals surface area (Å²) in [6.07, 6.45) is 2.40. The second-order valence-corrected chi connectivity index (χ2v) is 8.54. The predicted molar refractivity (Wildman–Crippen MR) is 108 cm³/mol. The summed E-state index contributed by atoms with van der Waals surface area (Å²) in [4.78, 5) is 29.9. The van der Waals surface area contributed by atoms with Gasteiger partial charge in [-0.05, 0) is 31.4 Å². The quantitative estimate of drug-likeness (QED) is 0.854. The normalized spacial score (nSPS) is 23.3. The van der Waals surface area contributed by atoms with E-state index >= 15 is 0 Å². The molecule has 0 saturated carbocycles. The Morgan fingerprint density at radius 1 is 1.26 bits per heavy atom. The van der Waals surface area contributed by atoms with Crippen LogP contribution < -0.4 is 5.32 Å². The number of rotatable bonds is 4. The van der Waals surface area contributed by atoms with E-state index in [2.05, 4.69) is 37.9 Å². The average Bonchev–Trinajstić information content (AvgIpc) is 2.94. The lowest BCUT2D eigenvalue weighted by molar-refractivity contribution is -0.136. The summed E-state index contributed by atoms with van der Waals surface area (Å²) < 4.78 is 0. The number of carbonyl (C=O) groups excluding carboxylic acids is 2. The summed E-state index contributed by atoms with van der Waals surface area (Å²) >= 11 is 6.20. The molecule has 2 unspecified atom stereocenters. The maximum atomic E-state index is 13.1. The number of benzene rings is 1. The van der Waals surface area contributed by atoms with Crippen LogP contribution in [0.25, 0.3) is 0 Å². The molecule has 2 atom stereocenters. The highest BCUT2D eigenvalue weighted by Crippen LogP contribution is 2.37. The van der Waals surface area contributed by atoms with Crippen molar-refractivity contribution in [3.8, 4) is 0 Å². The maximum absolute atomic E-state index is 13.1. The van der Waals surface area contributed by atoms with Crippen molar-refractivity contribution in [2.75, 3.05) is 13.1 Å². The van der Waals surface area contributed by atoms with Crippen molar-refractivity contribution in [2.45, 2.75) is 64.7 Å². The van der Waals surface area contributed by atoms with Gasteiger partial charge in [0, 0.05) is 32.0 Å². The molecule has 1 aromatic carbocycles. The molecule has 2 aliphatic heterocycles. The summed E-state index contributed by atoms with van der Waals surface area (Å²) in [5, 5.41) is 4.13. The zero-order valence-electron chi connectivity index (χ0n) is 16.7. The SMILES string of the molecule is CCC(C)N1C(=O)C(C(C)C)NC12CCN(C(=O)c1ccccc1Cl)CC2. The van der Waals surface area contributed by atoms with E-state index < -0.39 is 0 Å². The molecular weight excluding hydrogens is 362 g/mol. The van der Waals surface area contributed by atoms with E-state index in [0.717, 1.165) is 19.3 Å². The number of nitrogens with one attached hydrogen (secondary N) is 1. The number of hydrogen-bond donors (Lipinski definition) is 1. The molecule has 2 aliphatic rings. The lowest BCUT2D eigenvalue weighted by Crippen LogP contribution is -2.61. The minimum atomic E-state index is -0.349. The van der Waals surface area contributed by atoms with Gasteiger partial charge in [-0.3, -0.25) is 14.9 Å². The number of piperidine rings is 1. The first-order valence-corrected chi connectivity index (χ1v) is 10.3. The van der Waals surface area contributed by atoms with Gasteiger partial charge in [-0.15, -0.1) is 0 Å². The molecule has 2 saturated heterocycles. The Morgan fingerprint density at radius 3 is 2.44 bits per heavy atom. The topological polar surface area (TPSA) is 52.7 Å². The first-order chi connectivity index (χ1) is 12.8. The van der Waals surface area contributed by atoms with Crippen molar-refractivity contribution in [2.24, 2.45) is 5.92 Å². The first-order valence-electron chi connectivity index (χ1n) is 9.95. The predicted octanol–water partition coefficient (Wildman–Crippen LogP) is 3.53. The van der Waals surface area contributed by atoms with Crippen molar-refractivity contribution in [3.05, 3.63) is 34.9 Å². The summed E-state index contributed by atoms with van der Waals surface area (Å²) in [5.74, 6) is 0.409. The highest BCUT2D eigenvalue weighted by Gasteiger charge is 2.53. The van der Waals surface area contributed by atoms with Crippen molar-refractivity contribution in [1.82, 2.24) is 15.1 Å². The highest BCUT2D eigenvalue weighted by atomic mass is 35.5. The Kier molecular flexibility index (Phi) is 5.82. The first kappa shape index (κ1) is 20.2. The van der Waals surface area contributed by atoms with Crippen LogP contribution in [0.15, 0.2) is 24.3 Å². The van der Waals surface area contributed by atoms with Gasteiger partial charge in [0.2, 0.25) is 5.91 Å². The fourth-order valence-electron chi connectivity index (χ4n) is 4.32. The lowest BCUT2D eigenvalue weighted by atomic mass is 9.93. The second-order valence-electron chi connectivity index (χ2n) is 8.14. The van der Waals surface area contributed by atoms with E-state index in [1.807, 2.05) is 17.0 Å². The average molecular weight is 392 g/mol. The van der Waals surface area contributed by atoms with E-state index in [1.54, 1.807) is 12.1 Å². The Labute approximate surface area is 167 Å². The molecule has 2 fully saturated rings. The fourth-order valence-corrected chi connectivity index (χ4v) is 4.54. The van der Waals surface area contributed by atoms with Crippen LogP contribution in [0.1, 0.15) is 57.3 Å². The molecule has 1 N–H and O–H groups in total. The van der Waals surface area contributed by atoms with E-state index in [0.29, 0.717) is 23.7 Å². The molecule has 3 rings (SSSR count). The van der Waals surface area contributed by atoms with Gasteiger partial charge in [0.25, 0.3) is 5.91 Å². The van der Waals surface area contributed by atoms with Crippen molar-refractivity contribution >= 4 is 23.4 Å². The zero-order valence-corrected chi connectivity index (χ0v) is 17.4. The van der Waals surface area contributed by atoms with Crippen LogP contribution >= 0.6 is 11.6 Å². The maximum Gasteiger partial charge on any atom is 0.255 e. The summed E-state index contributed by atoms with van der Waals surface area (Å²) in [6.45, 7) is 9.62. The van der Waals surface area contributed by atoms with E-state index in [-0.39, 0.29) is 35.5 Å². The van der Waals surface area contributed by atoms with Crippen LogP contribution in [-0.4, -0.2) is 52.5 Å². The van der Waals surface area contributed by atoms with Gasteiger partial charge in [-0.2, -0.15) is 0 Å². The van der Waals surface area contributed by atoms with Crippen LogP contribution in [0.4, 0.5) is 0 Å². The van der Waals surface area contributed by atoms with Gasteiger partial charge in [-0.25, -0.2) is 0 Å². The van der Waals surface area contributed by atoms with Crippen molar-refractivity contribution < 1.29 is 9.59 Å². The molecule has 2 amide bonds.